The molecule has 0 radical (unpaired) electrons. The molecule has 0 heterocycles. The molecule has 23 heavy (non-hydrogen) atoms. The van der Waals surface area contributed by atoms with Crippen LogP contribution in [0.3, 0.4) is 0 Å². The Balaban J connectivity index is 2.95. The van der Waals surface area contributed by atoms with Crippen LogP contribution in [0.2, 0.25) is 0 Å². The van der Waals surface area contributed by atoms with Gasteiger partial charge in [-0.3, -0.25) is 9.69 Å². The van der Waals surface area contributed by atoms with Gasteiger partial charge < -0.3 is 9.47 Å². The van der Waals surface area contributed by atoms with Crippen LogP contribution < -0.4 is 0 Å². The molecule has 122 valence electrons. The van der Waals surface area contributed by atoms with Crippen LogP contribution in [0.1, 0.15) is 12.5 Å². The first kappa shape index (κ1) is 19.0. The molecular formula is C16H17IN2O4. The Morgan fingerprint density at radius 2 is 2.00 bits per heavy atom. The van der Waals surface area contributed by atoms with Crippen molar-refractivity contribution in [3.05, 3.63) is 45.2 Å². The molecule has 0 bridgehead atoms. The van der Waals surface area contributed by atoms with E-state index in [0.717, 1.165) is 14.0 Å². The maximum Gasteiger partial charge on any atom is 0.414 e. The van der Waals surface area contributed by atoms with Crippen molar-refractivity contribution >= 4 is 34.7 Å². The lowest BCUT2D eigenvalue weighted by Gasteiger charge is -2.17. The highest BCUT2D eigenvalue weighted by Gasteiger charge is 2.17. The van der Waals surface area contributed by atoms with E-state index in [4.69, 9.17) is 4.74 Å². The summed E-state index contributed by atoms with van der Waals surface area (Å²) in [5, 5.41) is 9.28. The van der Waals surface area contributed by atoms with Crippen LogP contribution >= 0.6 is 22.6 Å². The van der Waals surface area contributed by atoms with E-state index < -0.39 is 12.1 Å². The number of nitrogens with zero attached hydrogens (tertiary/aromatic N) is 2. The van der Waals surface area contributed by atoms with E-state index >= 15 is 0 Å². The monoisotopic (exact) mass is 428 g/mol. The molecule has 0 atom stereocenters. The van der Waals surface area contributed by atoms with Gasteiger partial charge in [-0.05, 0) is 47.2 Å². The van der Waals surface area contributed by atoms with E-state index in [1.165, 1.54) is 13.3 Å². The van der Waals surface area contributed by atoms with Gasteiger partial charge in [0.25, 0.3) is 0 Å². The van der Waals surface area contributed by atoms with Crippen LogP contribution in [-0.2, 0) is 20.7 Å². The van der Waals surface area contributed by atoms with Crippen molar-refractivity contribution < 1.29 is 19.1 Å². The van der Waals surface area contributed by atoms with Crippen molar-refractivity contribution in [3.63, 3.8) is 0 Å². The average molecular weight is 428 g/mol. The minimum absolute atomic E-state index is 0.170. The van der Waals surface area contributed by atoms with Crippen LogP contribution in [0.4, 0.5) is 4.79 Å². The number of hydrogen-bond acceptors (Lipinski definition) is 5. The Morgan fingerprint density at radius 3 is 2.52 bits per heavy atom. The van der Waals surface area contributed by atoms with Crippen molar-refractivity contribution in [2.24, 2.45) is 0 Å². The predicted molar refractivity (Wildman–Crippen MR) is 92.3 cm³/mol. The van der Waals surface area contributed by atoms with Gasteiger partial charge in [0.1, 0.15) is 6.54 Å². The van der Waals surface area contributed by atoms with Crippen molar-refractivity contribution in [2.75, 3.05) is 20.3 Å². The zero-order valence-electron chi connectivity index (χ0n) is 12.9. The summed E-state index contributed by atoms with van der Waals surface area (Å²) in [4.78, 5) is 24.3. The van der Waals surface area contributed by atoms with Crippen molar-refractivity contribution in [1.29, 1.82) is 5.26 Å². The van der Waals surface area contributed by atoms with E-state index in [0.29, 0.717) is 12.0 Å². The summed E-state index contributed by atoms with van der Waals surface area (Å²) in [6.45, 7) is 1.52. The predicted octanol–water partition coefficient (Wildman–Crippen LogP) is 2.87. The standard InChI is InChI=1S/C16H17IN2O4/c1-3-23-16(21)19(11-15(20)22-2)10-13(9-18)8-12-4-6-14(17)7-5-12/h4-7,10H,3,8,11H2,1-2H3/b13-10+. The lowest BCUT2D eigenvalue weighted by molar-refractivity contribution is -0.141. The molecule has 1 aromatic rings. The maximum atomic E-state index is 11.9. The molecule has 0 unspecified atom stereocenters. The first-order valence-corrected chi connectivity index (χ1v) is 7.93. The Morgan fingerprint density at radius 1 is 1.35 bits per heavy atom. The number of methoxy groups -OCH3 is 1. The summed E-state index contributed by atoms with van der Waals surface area (Å²) < 4.78 is 10.5. The van der Waals surface area contributed by atoms with E-state index in [1.54, 1.807) is 6.92 Å². The maximum absolute atomic E-state index is 11.9. The highest BCUT2D eigenvalue weighted by molar-refractivity contribution is 14.1. The number of carbonyl (C=O) groups is 2. The molecule has 1 amide bonds. The molecule has 0 saturated heterocycles. The molecule has 0 aliphatic carbocycles. The molecule has 0 aliphatic heterocycles. The molecule has 0 fully saturated rings. The van der Waals surface area contributed by atoms with E-state index in [2.05, 4.69) is 27.3 Å². The number of hydrogen-bond donors (Lipinski definition) is 0. The summed E-state index contributed by atoms with van der Waals surface area (Å²) in [7, 11) is 1.23. The Hall–Kier alpha value is -2.08. The fourth-order valence-electron chi connectivity index (χ4n) is 1.70. The Kier molecular flexibility index (Phi) is 8.11. The Labute approximate surface area is 148 Å². The van der Waals surface area contributed by atoms with Crippen molar-refractivity contribution in [3.8, 4) is 6.07 Å². The van der Waals surface area contributed by atoms with Crippen molar-refractivity contribution in [1.82, 2.24) is 4.90 Å². The highest BCUT2D eigenvalue weighted by atomic mass is 127. The number of halogens is 1. The van der Waals surface area contributed by atoms with Crippen LogP contribution in [0.15, 0.2) is 36.0 Å². The SMILES string of the molecule is CCOC(=O)N(/C=C(/C#N)Cc1ccc(I)cc1)CC(=O)OC. The second-order valence-electron chi connectivity index (χ2n) is 4.47. The number of ether oxygens (including phenoxy) is 2. The van der Waals surface area contributed by atoms with Gasteiger partial charge in [0.05, 0.1) is 25.4 Å². The quantitative estimate of drug-likeness (QED) is 0.396. The molecular weight excluding hydrogens is 411 g/mol. The molecule has 7 heteroatoms. The first-order valence-electron chi connectivity index (χ1n) is 6.85. The smallest absolute Gasteiger partial charge is 0.414 e. The lowest BCUT2D eigenvalue weighted by Crippen LogP contribution is -2.32. The molecule has 0 aliphatic rings. The fraction of sp³-hybridized carbons (Fsp3) is 0.312. The number of allylic oxidation sites excluding steroid dienone is 1. The molecule has 0 N–H and O–H groups in total. The second-order valence-corrected chi connectivity index (χ2v) is 5.72. The normalized spacial score (nSPS) is 10.6. The molecule has 0 aromatic heterocycles. The summed E-state index contributed by atoms with van der Waals surface area (Å²) in [5.41, 5.74) is 1.27. The summed E-state index contributed by atoms with van der Waals surface area (Å²) in [5.74, 6) is -0.596. The molecule has 1 rings (SSSR count). The van der Waals surface area contributed by atoms with Gasteiger partial charge in [0.15, 0.2) is 0 Å². The number of nitriles is 1. The third-order valence-electron chi connectivity index (χ3n) is 2.79. The van der Waals surface area contributed by atoms with Crippen LogP contribution in [0.5, 0.6) is 0 Å². The number of rotatable bonds is 6. The first-order chi connectivity index (χ1) is 11.0. The zero-order chi connectivity index (χ0) is 17.2. The fourth-order valence-corrected chi connectivity index (χ4v) is 2.06. The van der Waals surface area contributed by atoms with Gasteiger partial charge in [0.2, 0.25) is 0 Å². The van der Waals surface area contributed by atoms with E-state index in [1.807, 2.05) is 30.3 Å². The third kappa shape index (κ3) is 6.69. The van der Waals surface area contributed by atoms with Gasteiger partial charge in [0, 0.05) is 16.2 Å². The number of carbonyl (C=O) groups excluding carboxylic acids is 2. The van der Waals surface area contributed by atoms with Crippen LogP contribution in [-0.4, -0.2) is 37.2 Å². The van der Waals surface area contributed by atoms with Gasteiger partial charge >= 0.3 is 12.1 Å². The second kappa shape index (κ2) is 9.84. The van der Waals surface area contributed by atoms with Crippen LogP contribution in [0, 0.1) is 14.9 Å². The Bertz CT molecular complexity index is 620. The molecule has 0 saturated carbocycles. The zero-order valence-corrected chi connectivity index (χ0v) is 15.1. The van der Waals surface area contributed by atoms with Gasteiger partial charge in [-0.15, -0.1) is 0 Å². The minimum Gasteiger partial charge on any atom is -0.468 e. The summed E-state index contributed by atoms with van der Waals surface area (Å²) in [6, 6.07) is 9.72. The highest BCUT2D eigenvalue weighted by Crippen LogP contribution is 2.12. The lowest BCUT2D eigenvalue weighted by atomic mass is 10.1. The van der Waals surface area contributed by atoms with Gasteiger partial charge in [-0.25, -0.2) is 4.79 Å². The van der Waals surface area contributed by atoms with E-state index in [-0.39, 0.29) is 13.2 Å². The van der Waals surface area contributed by atoms with E-state index in [9.17, 15) is 14.9 Å². The van der Waals surface area contributed by atoms with Gasteiger partial charge in [-0.1, -0.05) is 12.1 Å². The third-order valence-corrected chi connectivity index (χ3v) is 3.51. The minimum atomic E-state index is -0.701. The average Bonchev–Trinajstić information content (AvgIpc) is 2.55. The number of esters is 1. The number of benzene rings is 1. The molecule has 1 aromatic carbocycles. The molecule has 0 spiro atoms. The summed E-state index contributed by atoms with van der Waals surface area (Å²) in [6.07, 6.45) is 0.977. The topological polar surface area (TPSA) is 79.6 Å². The van der Waals surface area contributed by atoms with Gasteiger partial charge in [-0.2, -0.15) is 5.26 Å². The van der Waals surface area contributed by atoms with Crippen LogP contribution in [0.25, 0.3) is 0 Å². The number of amides is 1. The summed E-state index contributed by atoms with van der Waals surface area (Å²) >= 11 is 2.19. The van der Waals surface area contributed by atoms with Crippen molar-refractivity contribution in [2.45, 2.75) is 13.3 Å². The molecule has 6 nitrogen and oxygen atoms in total. The largest absolute Gasteiger partial charge is 0.468 e.